The Morgan fingerprint density at radius 1 is 1.08 bits per heavy atom. The predicted molar refractivity (Wildman–Crippen MR) is 146 cm³/mol. The Hall–Kier alpha value is -3.35. The minimum Gasteiger partial charge on any atom is -0.494 e. The summed E-state index contributed by atoms with van der Waals surface area (Å²) in [6, 6.07) is 10.0. The molecule has 0 spiro atoms. The molecule has 2 aliphatic rings. The average molecular weight is 520 g/mol. The second kappa shape index (κ2) is 10.8. The van der Waals surface area contributed by atoms with Gasteiger partial charge in [-0.15, -0.1) is 0 Å². The highest BCUT2D eigenvalue weighted by atomic mass is 16.6. The predicted octanol–water partition coefficient (Wildman–Crippen LogP) is 6.80. The van der Waals surface area contributed by atoms with Crippen molar-refractivity contribution >= 4 is 39.4 Å². The third kappa shape index (κ3) is 5.87. The van der Waals surface area contributed by atoms with E-state index >= 15 is 0 Å². The monoisotopic (exact) mass is 519 g/mol. The Morgan fingerprint density at radius 3 is 2.61 bits per heavy atom. The molecule has 1 atom stereocenters. The second-order valence-electron chi connectivity index (χ2n) is 11.7. The Balaban J connectivity index is 1.16. The normalized spacial score (nSPS) is 19.3. The van der Waals surface area contributed by atoms with Crippen molar-refractivity contribution in [2.45, 2.75) is 77.2 Å². The molecule has 0 radical (unpaired) electrons. The van der Waals surface area contributed by atoms with E-state index in [1.165, 1.54) is 0 Å². The number of piperidine rings is 1. The number of hydrogen-bond acceptors (Lipinski definition) is 6. The number of hydrogen-bond donors (Lipinski definition) is 0. The van der Waals surface area contributed by atoms with Gasteiger partial charge in [-0.1, -0.05) is 6.07 Å². The number of fused-ring (bicyclic) bond motifs is 3. The van der Waals surface area contributed by atoms with Crippen LogP contribution in [0.25, 0.3) is 21.7 Å². The summed E-state index contributed by atoms with van der Waals surface area (Å²) < 4.78 is 17.4. The largest absolute Gasteiger partial charge is 0.494 e. The Kier molecular flexibility index (Phi) is 7.46. The number of amides is 1. The molecule has 7 heteroatoms. The molecule has 202 valence electrons. The van der Waals surface area contributed by atoms with Gasteiger partial charge in [0.1, 0.15) is 28.5 Å². The van der Waals surface area contributed by atoms with Gasteiger partial charge in [0.2, 0.25) is 0 Å². The van der Waals surface area contributed by atoms with E-state index in [-0.39, 0.29) is 30.0 Å². The van der Waals surface area contributed by atoms with E-state index < -0.39 is 5.60 Å². The van der Waals surface area contributed by atoms with Crippen molar-refractivity contribution in [3.05, 3.63) is 42.2 Å². The summed E-state index contributed by atoms with van der Waals surface area (Å²) in [6.07, 6.45) is 6.50. The molecule has 2 fully saturated rings. The van der Waals surface area contributed by atoms with Crippen LogP contribution >= 0.6 is 0 Å². The summed E-state index contributed by atoms with van der Waals surface area (Å²) in [5, 5.41) is 3.02. The first-order chi connectivity index (χ1) is 18.2. The smallest absolute Gasteiger partial charge is 0.410 e. The van der Waals surface area contributed by atoms with Crippen LogP contribution < -0.4 is 4.74 Å². The van der Waals surface area contributed by atoms with Crippen molar-refractivity contribution in [2.75, 3.05) is 19.7 Å². The van der Waals surface area contributed by atoms with Gasteiger partial charge >= 0.3 is 6.09 Å². The number of carbonyl (C=O) groups excluding carboxylic acids is 3. The van der Waals surface area contributed by atoms with Gasteiger partial charge in [-0.2, -0.15) is 0 Å². The molecular formula is C31H37NO6. The van der Waals surface area contributed by atoms with E-state index in [0.29, 0.717) is 25.4 Å². The molecule has 1 aliphatic heterocycles. The van der Waals surface area contributed by atoms with Crippen molar-refractivity contribution in [1.82, 2.24) is 4.90 Å². The summed E-state index contributed by atoms with van der Waals surface area (Å²) >= 11 is 0. The summed E-state index contributed by atoms with van der Waals surface area (Å²) in [7, 11) is 0. The van der Waals surface area contributed by atoms with Crippen molar-refractivity contribution in [3.8, 4) is 5.75 Å². The van der Waals surface area contributed by atoms with E-state index in [9.17, 15) is 14.4 Å². The van der Waals surface area contributed by atoms with Crippen LogP contribution in [0.1, 0.15) is 77.2 Å². The molecule has 2 aromatic carbocycles. The zero-order valence-electron chi connectivity index (χ0n) is 22.6. The highest BCUT2D eigenvalue weighted by Gasteiger charge is 2.31. The fraction of sp³-hybridized carbons (Fsp3) is 0.516. The van der Waals surface area contributed by atoms with Crippen LogP contribution in [-0.2, 0) is 14.3 Å². The number of benzene rings is 2. The lowest BCUT2D eigenvalue weighted by Gasteiger charge is -2.33. The SMILES string of the molecule is CC(C)(C)OC(=O)N1CCC(CCCOc2ccc3c(ccc4occ([C@H]5CCC(=O)CC5=O)c43)c2)CC1. The van der Waals surface area contributed by atoms with Gasteiger partial charge in [-0.05, 0) is 93.8 Å². The highest BCUT2D eigenvalue weighted by molar-refractivity contribution is 6.11. The first kappa shape index (κ1) is 26.3. The van der Waals surface area contributed by atoms with E-state index in [1.807, 2.05) is 56.0 Å². The number of carbonyl (C=O) groups is 3. The third-order valence-corrected chi connectivity index (χ3v) is 7.69. The Morgan fingerprint density at radius 2 is 1.87 bits per heavy atom. The third-order valence-electron chi connectivity index (χ3n) is 7.69. The molecule has 1 saturated carbocycles. The van der Waals surface area contributed by atoms with E-state index in [0.717, 1.165) is 71.8 Å². The van der Waals surface area contributed by atoms with Gasteiger partial charge in [0.05, 0.1) is 19.3 Å². The van der Waals surface area contributed by atoms with Gasteiger partial charge in [0, 0.05) is 36.4 Å². The van der Waals surface area contributed by atoms with Crippen molar-refractivity contribution in [1.29, 1.82) is 0 Å². The number of furan rings is 1. The van der Waals surface area contributed by atoms with Gasteiger partial charge in [-0.3, -0.25) is 9.59 Å². The van der Waals surface area contributed by atoms with E-state index in [2.05, 4.69) is 0 Å². The van der Waals surface area contributed by atoms with Gasteiger partial charge in [0.25, 0.3) is 0 Å². The topological polar surface area (TPSA) is 86.0 Å². The number of Topliss-reactive ketones (excluding diaryl/α,β-unsaturated/α-hetero) is 2. The van der Waals surface area contributed by atoms with Crippen LogP contribution in [0.4, 0.5) is 4.79 Å². The summed E-state index contributed by atoms with van der Waals surface area (Å²) in [5.41, 5.74) is 1.18. The maximum atomic E-state index is 12.6. The molecule has 1 saturated heterocycles. The first-order valence-electron chi connectivity index (χ1n) is 13.8. The van der Waals surface area contributed by atoms with Crippen LogP contribution in [-0.4, -0.2) is 47.9 Å². The fourth-order valence-corrected chi connectivity index (χ4v) is 5.71. The van der Waals surface area contributed by atoms with Crippen LogP contribution in [0, 0.1) is 5.92 Å². The van der Waals surface area contributed by atoms with Crippen LogP contribution in [0.3, 0.4) is 0 Å². The first-order valence-corrected chi connectivity index (χ1v) is 13.8. The Labute approximate surface area is 223 Å². The molecule has 3 aromatic rings. The lowest BCUT2D eigenvalue weighted by molar-refractivity contribution is -0.130. The standard InChI is InChI=1S/C31H37NO6/c1-31(2,3)38-30(35)32-14-12-20(13-15-32)5-4-16-36-23-8-10-24-21(17-23)6-11-28-29(24)26(19-37-28)25-9-7-22(33)18-27(25)34/h6,8,10-11,17,19-20,25H,4-5,7,9,12-16,18H2,1-3H3/t25-/m1/s1. The van der Waals surface area contributed by atoms with Crippen LogP contribution in [0.5, 0.6) is 5.75 Å². The summed E-state index contributed by atoms with van der Waals surface area (Å²) in [6.45, 7) is 7.82. The quantitative estimate of drug-likeness (QED) is 0.263. The minimum atomic E-state index is -0.461. The highest BCUT2D eigenvalue weighted by Crippen LogP contribution is 2.39. The molecule has 1 aromatic heterocycles. The lowest BCUT2D eigenvalue weighted by Crippen LogP contribution is -2.41. The molecule has 2 heterocycles. The van der Waals surface area contributed by atoms with Gasteiger partial charge in [-0.25, -0.2) is 4.79 Å². The number of nitrogens with zero attached hydrogens (tertiary/aromatic N) is 1. The van der Waals surface area contributed by atoms with Gasteiger partial charge in [0.15, 0.2) is 0 Å². The van der Waals surface area contributed by atoms with E-state index in [1.54, 1.807) is 6.26 Å². The molecule has 0 N–H and O–H groups in total. The molecular weight excluding hydrogens is 482 g/mol. The molecule has 0 bridgehead atoms. The number of ether oxygens (including phenoxy) is 2. The summed E-state index contributed by atoms with van der Waals surface area (Å²) in [5.74, 6) is 1.14. The molecule has 0 unspecified atom stereocenters. The number of likely N-dealkylation sites (tertiary alicyclic amines) is 1. The van der Waals surface area contributed by atoms with E-state index in [4.69, 9.17) is 13.9 Å². The van der Waals surface area contributed by atoms with Gasteiger partial charge < -0.3 is 18.8 Å². The minimum absolute atomic E-state index is 0.0168. The lowest BCUT2D eigenvalue weighted by atomic mass is 9.81. The van der Waals surface area contributed by atoms with Crippen LogP contribution in [0.2, 0.25) is 0 Å². The van der Waals surface area contributed by atoms with Crippen molar-refractivity contribution in [3.63, 3.8) is 0 Å². The number of ketones is 2. The molecule has 1 amide bonds. The average Bonchev–Trinajstić information content (AvgIpc) is 3.30. The zero-order valence-corrected chi connectivity index (χ0v) is 22.6. The van der Waals surface area contributed by atoms with Crippen LogP contribution in [0.15, 0.2) is 41.0 Å². The van der Waals surface area contributed by atoms with Crippen molar-refractivity contribution < 1.29 is 28.3 Å². The summed E-state index contributed by atoms with van der Waals surface area (Å²) in [4.78, 5) is 38.4. The fourth-order valence-electron chi connectivity index (χ4n) is 5.71. The van der Waals surface area contributed by atoms with Crippen molar-refractivity contribution in [2.24, 2.45) is 5.92 Å². The maximum absolute atomic E-state index is 12.6. The second-order valence-corrected chi connectivity index (χ2v) is 11.7. The molecule has 38 heavy (non-hydrogen) atoms. The zero-order chi connectivity index (χ0) is 26.9. The molecule has 5 rings (SSSR count). The number of rotatable bonds is 6. The molecule has 7 nitrogen and oxygen atoms in total. The Bertz CT molecular complexity index is 1340. The maximum Gasteiger partial charge on any atom is 0.410 e. The molecule has 1 aliphatic carbocycles.